The van der Waals surface area contributed by atoms with Crippen LogP contribution in [0.25, 0.3) is 0 Å². The molecule has 0 aromatic heterocycles. The van der Waals surface area contributed by atoms with E-state index in [4.69, 9.17) is 11.6 Å². The van der Waals surface area contributed by atoms with Gasteiger partial charge in [-0.25, -0.2) is 0 Å². The summed E-state index contributed by atoms with van der Waals surface area (Å²) in [7, 11) is 1.57. The minimum atomic E-state index is -0.176. The van der Waals surface area contributed by atoms with E-state index in [1.807, 2.05) is 0 Å². The minimum absolute atomic E-state index is 0.176. The summed E-state index contributed by atoms with van der Waals surface area (Å²) < 4.78 is 4.62. The number of hydrogen-bond acceptors (Lipinski definition) is 1. The zero-order valence-electron chi connectivity index (χ0n) is 3.45. The molecule has 0 heterocycles. The van der Waals surface area contributed by atoms with Gasteiger partial charge < -0.3 is 4.74 Å². The average molecular weight is 173 g/mol. The van der Waals surface area contributed by atoms with Crippen molar-refractivity contribution in [1.29, 1.82) is 0 Å². The Balaban J connectivity index is 2.75. The Morgan fingerprint density at radius 1 is 2.00 bits per heavy atom. The predicted octanol–water partition coefficient (Wildman–Crippen LogP) is 1.59. The van der Waals surface area contributed by atoms with Crippen molar-refractivity contribution in [3.63, 3.8) is 0 Å². The van der Waals surface area contributed by atoms with E-state index in [9.17, 15) is 0 Å². The number of hydrogen-bond donors (Lipinski definition) is 0. The molecule has 0 rings (SSSR count). The molecule has 38 valence electrons. The maximum atomic E-state index is 5.38. The smallest absolute Gasteiger partial charge is 0.140 e. The topological polar surface area (TPSA) is 9.23 Å². The van der Waals surface area contributed by atoms with Gasteiger partial charge in [-0.15, -0.1) is 0 Å². The van der Waals surface area contributed by atoms with Crippen LogP contribution in [0.2, 0.25) is 0 Å². The van der Waals surface area contributed by atoms with E-state index in [1.54, 1.807) is 7.11 Å². The lowest BCUT2D eigenvalue weighted by Gasteiger charge is -1.97. The van der Waals surface area contributed by atoms with Gasteiger partial charge in [-0.1, -0.05) is 27.5 Å². The first-order valence-corrected chi connectivity index (χ1v) is 3.10. The number of ether oxygens (including phenoxy) is 1. The third-order valence-electron chi connectivity index (χ3n) is 0.377. The summed E-state index contributed by atoms with van der Waals surface area (Å²) in [5.74, 6) is 0. The van der Waals surface area contributed by atoms with Gasteiger partial charge in [0, 0.05) is 12.4 Å². The molecule has 0 fully saturated rings. The number of halogens is 2. The SMILES string of the molecule is COC(Cl)CBr. The second kappa shape index (κ2) is 3.90. The molecular formula is C3H6BrClO. The van der Waals surface area contributed by atoms with E-state index in [1.165, 1.54) is 0 Å². The fraction of sp³-hybridized carbons (Fsp3) is 1.00. The third-order valence-corrected chi connectivity index (χ3v) is 1.67. The molecule has 3 heteroatoms. The second-order valence-electron chi connectivity index (χ2n) is 0.800. The summed E-state index contributed by atoms with van der Waals surface area (Å²) in [6, 6.07) is 0. The summed E-state index contributed by atoms with van der Waals surface area (Å²) in [5.41, 5.74) is -0.176. The second-order valence-corrected chi connectivity index (χ2v) is 1.93. The fourth-order valence-electron chi connectivity index (χ4n) is 0.0630. The maximum absolute atomic E-state index is 5.38. The minimum Gasteiger partial charge on any atom is -0.365 e. The van der Waals surface area contributed by atoms with Crippen LogP contribution in [0.1, 0.15) is 0 Å². The van der Waals surface area contributed by atoms with E-state index < -0.39 is 0 Å². The quantitative estimate of drug-likeness (QED) is 0.576. The van der Waals surface area contributed by atoms with E-state index in [2.05, 4.69) is 20.7 Å². The molecule has 0 bridgehead atoms. The summed E-state index contributed by atoms with van der Waals surface area (Å²) in [5, 5.41) is 0.686. The van der Waals surface area contributed by atoms with E-state index in [0.717, 1.165) is 0 Å². The summed E-state index contributed by atoms with van der Waals surface area (Å²) in [6.07, 6.45) is 0. The van der Waals surface area contributed by atoms with Crippen LogP contribution in [0.5, 0.6) is 0 Å². The molecule has 0 radical (unpaired) electrons. The molecule has 0 aliphatic rings. The molecule has 0 aliphatic carbocycles. The summed E-state index contributed by atoms with van der Waals surface area (Å²) >= 11 is 8.50. The lowest BCUT2D eigenvalue weighted by atomic mass is 10.9. The Morgan fingerprint density at radius 3 is 2.50 bits per heavy atom. The van der Waals surface area contributed by atoms with Crippen LogP contribution in [0.15, 0.2) is 0 Å². The Labute approximate surface area is 50.8 Å². The van der Waals surface area contributed by atoms with Crippen LogP contribution >= 0.6 is 27.5 Å². The molecule has 1 nitrogen and oxygen atoms in total. The molecule has 6 heavy (non-hydrogen) atoms. The zero-order valence-corrected chi connectivity index (χ0v) is 5.79. The first-order chi connectivity index (χ1) is 2.81. The van der Waals surface area contributed by atoms with Gasteiger partial charge in [0.05, 0.1) is 0 Å². The van der Waals surface area contributed by atoms with Gasteiger partial charge in [0.1, 0.15) is 5.56 Å². The lowest BCUT2D eigenvalue weighted by molar-refractivity contribution is 0.186. The van der Waals surface area contributed by atoms with Crippen molar-refractivity contribution in [2.24, 2.45) is 0 Å². The van der Waals surface area contributed by atoms with E-state index in [-0.39, 0.29) is 5.56 Å². The molecule has 0 saturated heterocycles. The van der Waals surface area contributed by atoms with Crippen LogP contribution in [0.3, 0.4) is 0 Å². The number of rotatable bonds is 2. The van der Waals surface area contributed by atoms with Crippen LogP contribution in [0, 0.1) is 0 Å². The first-order valence-electron chi connectivity index (χ1n) is 1.54. The van der Waals surface area contributed by atoms with Crippen molar-refractivity contribution in [3.8, 4) is 0 Å². The van der Waals surface area contributed by atoms with Gasteiger partial charge in [-0.3, -0.25) is 0 Å². The van der Waals surface area contributed by atoms with Crippen molar-refractivity contribution < 1.29 is 4.74 Å². The van der Waals surface area contributed by atoms with Crippen LogP contribution in [0.4, 0.5) is 0 Å². The van der Waals surface area contributed by atoms with Gasteiger partial charge in [-0.2, -0.15) is 0 Å². The summed E-state index contributed by atoms with van der Waals surface area (Å²) in [6.45, 7) is 0. The normalized spacial score (nSPS) is 14.5. The van der Waals surface area contributed by atoms with Crippen LogP contribution < -0.4 is 0 Å². The standard InChI is InChI=1S/C3H6BrClO/c1-6-3(5)2-4/h3H,2H2,1H3. The number of methoxy groups -OCH3 is 1. The van der Waals surface area contributed by atoms with Crippen molar-refractivity contribution in [3.05, 3.63) is 0 Å². The van der Waals surface area contributed by atoms with Gasteiger partial charge >= 0.3 is 0 Å². The van der Waals surface area contributed by atoms with Crippen LogP contribution in [-0.4, -0.2) is 18.0 Å². The molecule has 0 aliphatic heterocycles. The number of alkyl halides is 2. The lowest BCUT2D eigenvalue weighted by Crippen LogP contribution is -2.00. The van der Waals surface area contributed by atoms with Crippen molar-refractivity contribution in [2.75, 3.05) is 12.4 Å². The molecule has 0 amide bonds. The highest BCUT2D eigenvalue weighted by molar-refractivity contribution is 9.09. The van der Waals surface area contributed by atoms with E-state index >= 15 is 0 Å². The Hall–Kier alpha value is 0.730. The van der Waals surface area contributed by atoms with Gasteiger partial charge in [0.2, 0.25) is 0 Å². The Kier molecular flexibility index (Phi) is 4.38. The molecule has 0 saturated carbocycles. The summed E-state index contributed by atoms with van der Waals surface area (Å²) in [4.78, 5) is 0. The maximum Gasteiger partial charge on any atom is 0.140 e. The highest BCUT2D eigenvalue weighted by Gasteiger charge is 1.93. The van der Waals surface area contributed by atoms with E-state index in [0.29, 0.717) is 5.33 Å². The Bertz CT molecular complexity index is 30.0. The van der Waals surface area contributed by atoms with Crippen LogP contribution in [-0.2, 0) is 4.74 Å². The van der Waals surface area contributed by atoms with Gasteiger partial charge in [0.15, 0.2) is 0 Å². The van der Waals surface area contributed by atoms with Crippen molar-refractivity contribution in [2.45, 2.75) is 5.56 Å². The molecule has 0 aromatic carbocycles. The predicted molar refractivity (Wildman–Crippen MR) is 30.4 cm³/mol. The fourth-order valence-corrected chi connectivity index (χ4v) is 0.327. The highest BCUT2D eigenvalue weighted by atomic mass is 79.9. The highest BCUT2D eigenvalue weighted by Crippen LogP contribution is 1.98. The molecule has 1 atom stereocenters. The molecule has 1 unspecified atom stereocenters. The largest absolute Gasteiger partial charge is 0.365 e. The molecular weight excluding hydrogens is 167 g/mol. The zero-order chi connectivity index (χ0) is 4.99. The van der Waals surface area contributed by atoms with Crippen molar-refractivity contribution >= 4 is 27.5 Å². The molecule has 0 aromatic rings. The molecule has 0 spiro atoms. The van der Waals surface area contributed by atoms with Crippen molar-refractivity contribution in [1.82, 2.24) is 0 Å². The van der Waals surface area contributed by atoms with Gasteiger partial charge in [0.25, 0.3) is 0 Å². The molecule has 0 N–H and O–H groups in total. The Morgan fingerprint density at radius 2 is 2.50 bits per heavy atom. The average Bonchev–Trinajstić information content (AvgIpc) is 1.65. The first kappa shape index (κ1) is 6.73. The monoisotopic (exact) mass is 172 g/mol. The van der Waals surface area contributed by atoms with Gasteiger partial charge in [-0.05, 0) is 0 Å². The third kappa shape index (κ3) is 2.94.